The second-order valence-corrected chi connectivity index (χ2v) is 5.87. The van der Waals surface area contributed by atoms with Gasteiger partial charge in [-0.15, -0.1) is 0 Å². The Kier molecular flexibility index (Phi) is 5.76. The van der Waals surface area contributed by atoms with Gasteiger partial charge in [-0.3, -0.25) is 4.98 Å². The summed E-state index contributed by atoms with van der Waals surface area (Å²) in [6.07, 6.45) is 3.74. The van der Waals surface area contributed by atoms with E-state index in [9.17, 15) is 0 Å². The van der Waals surface area contributed by atoms with Gasteiger partial charge >= 0.3 is 0 Å². The van der Waals surface area contributed by atoms with Crippen LogP contribution < -0.4 is 10.2 Å². The first-order chi connectivity index (χ1) is 10.2. The average molecular weight is 283 g/mol. The van der Waals surface area contributed by atoms with E-state index >= 15 is 0 Å². The summed E-state index contributed by atoms with van der Waals surface area (Å²) in [4.78, 5) is 6.46. The van der Waals surface area contributed by atoms with Crippen molar-refractivity contribution in [2.45, 2.75) is 26.9 Å². The third-order valence-electron chi connectivity index (χ3n) is 3.41. The molecule has 0 saturated heterocycles. The molecule has 21 heavy (non-hydrogen) atoms. The summed E-state index contributed by atoms with van der Waals surface area (Å²) in [5.74, 6) is 0.672. The van der Waals surface area contributed by atoms with Gasteiger partial charge in [0.15, 0.2) is 0 Å². The standard InChI is InChI=1S/C18H25N3/c1-15(2)11-20-13-17-8-4-5-9-18(17)21(3)14-16-7-6-10-19-12-16/h4-10,12,15,20H,11,13-14H2,1-3H3. The smallest absolute Gasteiger partial charge is 0.0441 e. The van der Waals surface area contributed by atoms with Crippen molar-refractivity contribution in [2.24, 2.45) is 5.92 Å². The summed E-state index contributed by atoms with van der Waals surface area (Å²) in [5.41, 5.74) is 3.84. The molecular weight excluding hydrogens is 258 g/mol. The molecule has 1 aromatic carbocycles. The van der Waals surface area contributed by atoms with Crippen LogP contribution in [0.25, 0.3) is 0 Å². The molecular formula is C18H25N3. The van der Waals surface area contributed by atoms with Crippen LogP contribution in [0.4, 0.5) is 5.69 Å². The molecule has 1 aromatic heterocycles. The maximum atomic E-state index is 4.18. The number of aromatic nitrogens is 1. The van der Waals surface area contributed by atoms with Crippen molar-refractivity contribution in [1.82, 2.24) is 10.3 Å². The van der Waals surface area contributed by atoms with Crippen LogP contribution in [-0.4, -0.2) is 18.6 Å². The van der Waals surface area contributed by atoms with Crippen molar-refractivity contribution in [3.8, 4) is 0 Å². The van der Waals surface area contributed by atoms with Gasteiger partial charge in [0.05, 0.1) is 0 Å². The van der Waals surface area contributed by atoms with Gasteiger partial charge in [-0.25, -0.2) is 0 Å². The lowest BCUT2D eigenvalue weighted by Gasteiger charge is -2.23. The number of rotatable bonds is 7. The van der Waals surface area contributed by atoms with Crippen molar-refractivity contribution < 1.29 is 0 Å². The minimum atomic E-state index is 0.672. The number of benzene rings is 1. The van der Waals surface area contributed by atoms with E-state index in [2.05, 4.69) is 66.4 Å². The maximum absolute atomic E-state index is 4.18. The average Bonchev–Trinajstić information content (AvgIpc) is 2.48. The maximum Gasteiger partial charge on any atom is 0.0441 e. The minimum absolute atomic E-state index is 0.672. The normalized spacial score (nSPS) is 10.9. The van der Waals surface area contributed by atoms with Gasteiger partial charge in [0, 0.05) is 38.2 Å². The first-order valence-electron chi connectivity index (χ1n) is 7.55. The predicted octanol–water partition coefficient (Wildman–Crippen LogP) is 3.46. The molecule has 1 heterocycles. The van der Waals surface area contributed by atoms with E-state index < -0.39 is 0 Å². The summed E-state index contributed by atoms with van der Waals surface area (Å²) in [6, 6.07) is 12.7. The molecule has 1 N–H and O–H groups in total. The molecule has 0 fully saturated rings. The highest BCUT2D eigenvalue weighted by molar-refractivity contribution is 5.53. The summed E-state index contributed by atoms with van der Waals surface area (Å²) in [5, 5.41) is 3.52. The number of para-hydroxylation sites is 1. The van der Waals surface area contributed by atoms with E-state index in [0.29, 0.717) is 5.92 Å². The molecule has 0 aliphatic rings. The Labute approximate surface area is 128 Å². The predicted molar refractivity (Wildman–Crippen MR) is 89.3 cm³/mol. The molecule has 3 heteroatoms. The number of nitrogens with zero attached hydrogens (tertiary/aromatic N) is 2. The third-order valence-corrected chi connectivity index (χ3v) is 3.41. The molecule has 0 aliphatic heterocycles. The Morgan fingerprint density at radius 3 is 2.67 bits per heavy atom. The molecule has 0 amide bonds. The Morgan fingerprint density at radius 2 is 1.95 bits per heavy atom. The Morgan fingerprint density at radius 1 is 1.14 bits per heavy atom. The number of nitrogens with one attached hydrogen (secondary N) is 1. The molecule has 2 aromatic rings. The topological polar surface area (TPSA) is 28.2 Å². The zero-order valence-corrected chi connectivity index (χ0v) is 13.2. The second-order valence-electron chi connectivity index (χ2n) is 5.87. The van der Waals surface area contributed by atoms with E-state index in [1.54, 1.807) is 0 Å². The zero-order valence-electron chi connectivity index (χ0n) is 13.2. The lowest BCUT2D eigenvalue weighted by atomic mass is 10.1. The molecule has 0 spiro atoms. The number of anilines is 1. The highest BCUT2D eigenvalue weighted by Gasteiger charge is 2.07. The van der Waals surface area contributed by atoms with E-state index in [4.69, 9.17) is 0 Å². The van der Waals surface area contributed by atoms with Gasteiger partial charge in [0.1, 0.15) is 0 Å². The van der Waals surface area contributed by atoms with Crippen LogP contribution in [0, 0.1) is 5.92 Å². The Balaban J connectivity index is 2.04. The lowest BCUT2D eigenvalue weighted by molar-refractivity contribution is 0.552. The molecule has 0 atom stereocenters. The number of hydrogen-bond donors (Lipinski definition) is 1. The summed E-state index contributed by atoms with van der Waals surface area (Å²) in [6.45, 7) is 7.28. The van der Waals surface area contributed by atoms with E-state index in [1.165, 1.54) is 16.8 Å². The van der Waals surface area contributed by atoms with Crippen molar-refractivity contribution in [2.75, 3.05) is 18.5 Å². The van der Waals surface area contributed by atoms with Crippen LogP contribution in [-0.2, 0) is 13.1 Å². The summed E-state index contributed by atoms with van der Waals surface area (Å²) in [7, 11) is 2.13. The van der Waals surface area contributed by atoms with Crippen molar-refractivity contribution >= 4 is 5.69 Å². The monoisotopic (exact) mass is 283 g/mol. The van der Waals surface area contributed by atoms with E-state index in [1.807, 2.05) is 18.5 Å². The highest BCUT2D eigenvalue weighted by Crippen LogP contribution is 2.20. The molecule has 2 rings (SSSR count). The number of hydrogen-bond acceptors (Lipinski definition) is 3. The zero-order chi connectivity index (χ0) is 15.1. The van der Waals surface area contributed by atoms with Crippen LogP contribution >= 0.6 is 0 Å². The van der Waals surface area contributed by atoms with Crippen LogP contribution in [0.3, 0.4) is 0 Å². The highest BCUT2D eigenvalue weighted by atomic mass is 15.1. The van der Waals surface area contributed by atoms with Crippen molar-refractivity contribution in [3.63, 3.8) is 0 Å². The third kappa shape index (κ3) is 4.87. The summed E-state index contributed by atoms with van der Waals surface area (Å²) < 4.78 is 0. The van der Waals surface area contributed by atoms with Gasteiger partial charge in [-0.2, -0.15) is 0 Å². The minimum Gasteiger partial charge on any atom is -0.370 e. The molecule has 0 radical (unpaired) electrons. The van der Waals surface area contributed by atoms with Gasteiger partial charge in [-0.05, 0) is 35.7 Å². The van der Waals surface area contributed by atoms with Crippen LogP contribution in [0.15, 0.2) is 48.8 Å². The van der Waals surface area contributed by atoms with Gasteiger partial charge in [-0.1, -0.05) is 38.1 Å². The molecule has 0 bridgehead atoms. The SMILES string of the molecule is CC(C)CNCc1ccccc1N(C)Cc1cccnc1. The van der Waals surface area contributed by atoms with Crippen LogP contribution in [0.1, 0.15) is 25.0 Å². The fourth-order valence-electron chi connectivity index (χ4n) is 2.38. The van der Waals surface area contributed by atoms with Crippen LogP contribution in [0.5, 0.6) is 0 Å². The van der Waals surface area contributed by atoms with Gasteiger partial charge < -0.3 is 10.2 Å². The molecule has 3 nitrogen and oxygen atoms in total. The largest absolute Gasteiger partial charge is 0.370 e. The van der Waals surface area contributed by atoms with Gasteiger partial charge in [0.2, 0.25) is 0 Å². The molecule has 0 saturated carbocycles. The Bertz CT molecular complexity index is 537. The fourth-order valence-corrected chi connectivity index (χ4v) is 2.38. The van der Waals surface area contributed by atoms with Crippen LogP contribution in [0.2, 0.25) is 0 Å². The van der Waals surface area contributed by atoms with E-state index in [0.717, 1.165) is 19.6 Å². The molecule has 0 aliphatic carbocycles. The quantitative estimate of drug-likeness (QED) is 0.843. The second kappa shape index (κ2) is 7.79. The first kappa shape index (κ1) is 15.5. The fraction of sp³-hybridized carbons (Fsp3) is 0.389. The number of pyridine rings is 1. The van der Waals surface area contributed by atoms with E-state index in [-0.39, 0.29) is 0 Å². The lowest BCUT2D eigenvalue weighted by Crippen LogP contribution is -2.22. The Hall–Kier alpha value is -1.87. The molecule has 112 valence electrons. The summed E-state index contributed by atoms with van der Waals surface area (Å²) >= 11 is 0. The van der Waals surface area contributed by atoms with Crippen molar-refractivity contribution in [3.05, 3.63) is 59.9 Å². The van der Waals surface area contributed by atoms with Crippen molar-refractivity contribution in [1.29, 1.82) is 0 Å². The first-order valence-corrected chi connectivity index (χ1v) is 7.55. The van der Waals surface area contributed by atoms with Gasteiger partial charge in [0.25, 0.3) is 0 Å². The molecule has 0 unspecified atom stereocenters.